The third-order valence-electron chi connectivity index (χ3n) is 2.92. The highest BCUT2D eigenvalue weighted by Gasteiger charge is 2.10. The van der Waals surface area contributed by atoms with E-state index in [-0.39, 0.29) is 12.5 Å². The lowest BCUT2D eigenvalue weighted by molar-refractivity contribution is -0.116. The molecule has 0 saturated carbocycles. The number of hydrogen-bond donors (Lipinski definition) is 1. The number of methoxy groups -OCH3 is 1. The van der Waals surface area contributed by atoms with Crippen LogP contribution < -0.4 is 10.1 Å². The second-order valence-corrected chi connectivity index (χ2v) is 4.31. The molecule has 8 heteroatoms. The van der Waals surface area contributed by atoms with Gasteiger partial charge in [-0.2, -0.15) is 0 Å². The summed E-state index contributed by atoms with van der Waals surface area (Å²) in [5, 5.41) is 10.7. The summed E-state index contributed by atoms with van der Waals surface area (Å²) in [7, 11) is 1.51. The number of fused-ring (bicyclic) bond motifs is 1. The van der Waals surface area contributed by atoms with Gasteiger partial charge in [0.25, 0.3) is 5.88 Å². The highest BCUT2D eigenvalue weighted by atomic mass is 16.5. The van der Waals surface area contributed by atoms with Gasteiger partial charge in [0.15, 0.2) is 5.82 Å². The summed E-state index contributed by atoms with van der Waals surface area (Å²) in [6, 6.07) is 3.51. The number of rotatable bonds is 5. The predicted molar refractivity (Wildman–Crippen MR) is 76.9 cm³/mol. The summed E-state index contributed by atoms with van der Waals surface area (Å²) in [5.41, 5.74) is 0.500. The van der Waals surface area contributed by atoms with Crippen molar-refractivity contribution in [3.63, 3.8) is 0 Å². The van der Waals surface area contributed by atoms with Gasteiger partial charge in [0.1, 0.15) is 5.76 Å². The van der Waals surface area contributed by atoms with E-state index < -0.39 is 0 Å². The van der Waals surface area contributed by atoms with E-state index >= 15 is 0 Å². The SMILES string of the molecule is COc1nccn2c(CNC(=O)/C=C/c3ccco3)nnc12. The van der Waals surface area contributed by atoms with Gasteiger partial charge in [-0.15, -0.1) is 10.2 Å². The van der Waals surface area contributed by atoms with Crippen LogP contribution in [0.15, 0.2) is 41.3 Å². The molecule has 8 nitrogen and oxygen atoms in total. The molecule has 0 aliphatic rings. The Morgan fingerprint density at radius 2 is 2.41 bits per heavy atom. The molecule has 0 unspecified atom stereocenters. The van der Waals surface area contributed by atoms with Crippen molar-refractivity contribution in [1.29, 1.82) is 0 Å². The van der Waals surface area contributed by atoms with Gasteiger partial charge in [-0.1, -0.05) is 0 Å². The van der Waals surface area contributed by atoms with Gasteiger partial charge in [0, 0.05) is 18.5 Å². The maximum Gasteiger partial charge on any atom is 0.260 e. The van der Waals surface area contributed by atoms with E-state index in [9.17, 15) is 4.79 Å². The average Bonchev–Trinajstić information content (AvgIpc) is 3.20. The van der Waals surface area contributed by atoms with E-state index in [1.807, 2.05) is 0 Å². The summed E-state index contributed by atoms with van der Waals surface area (Å²) in [5.74, 6) is 1.31. The normalized spacial score (nSPS) is 11.1. The Hall–Kier alpha value is -3.16. The zero-order valence-corrected chi connectivity index (χ0v) is 11.8. The molecule has 22 heavy (non-hydrogen) atoms. The van der Waals surface area contributed by atoms with E-state index in [0.29, 0.717) is 23.1 Å². The molecular formula is C14H13N5O3. The number of carbonyl (C=O) groups excluding carboxylic acids is 1. The van der Waals surface area contributed by atoms with Gasteiger partial charge in [-0.05, 0) is 18.2 Å². The molecule has 3 heterocycles. The number of ether oxygens (including phenoxy) is 1. The molecule has 1 amide bonds. The predicted octanol–water partition coefficient (Wildman–Crippen LogP) is 1.06. The van der Waals surface area contributed by atoms with Gasteiger partial charge < -0.3 is 14.5 Å². The first-order valence-electron chi connectivity index (χ1n) is 6.50. The van der Waals surface area contributed by atoms with Gasteiger partial charge in [0.05, 0.1) is 19.9 Å². The number of amides is 1. The molecule has 0 aliphatic heterocycles. The number of nitrogens with one attached hydrogen (secondary N) is 1. The molecular weight excluding hydrogens is 286 g/mol. The molecule has 0 aromatic carbocycles. The third-order valence-corrected chi connectivity index (χ3v) is 2.92. The fraction of sp³-hybridized carbons (Fsp3) is 0.143. The Labute approximate surface area is 125 Å². The van der Waals surface area contributed by atoms with Crippen molar-refractivity contribution < 1.29 is 13.9 Å². The first-order valence-corrected chi connectivity index (χ1v) is 6.50. The van der Waals surface area contributed by atoms with Crippen LogP contribution in [0.3, 0.4) is 0 Å². The van der Waals surface area contributed by atoms with Crippen molar-refractivity contribution in [1.82, 2.24) is 24.9 Å². The van der Waals surface area contributed by atoms with Crippen LogP contribution in [0.25, 0.3) is 11.7 Å². The molecule has 112 valence electrons. The van der Waals surface area contributed by atoms with E-state index in [1.165, 1.54) is 13.2 Å². The minimum atomic E-state index is -0.255. The lowest BCUT2D eigenvalue weighted by Gasteiger charge is -2.02. The van der Waals surface area contributed by atoms with Crippen LogP contribution in [-0.2, 0) is 11.3 Å². The molecule has 0 saturated heterocycles. The van der Waals surface area contributed by atoms with Crippen LogP contribution in [0.5, 0.6) is 5.88 Å². The van der Waals surface area contributed by atoms with Gasteiger partial charge in [0.2, 0.25) is 11.6 Å². The van der Waals surface area contributed by atoms with Crippen LogP contribution in [0.4, 0.5) is 0 Å². The van der Waals surface area contributed by atoms with Gasteiger partial charge in [-0.3, -0.25) is 9.20 Å². The van der Waals surface area contributed by atoms with Crippen molar-refractivity contribution in [3.8, 4) is 5.88 Å². The van der Waals surface area contributed by atoms with Crippen LogP contribution >= 0.6 is 0 Å². The highest BCUT2D eigenvalue weighted by Crippen LogP contribution is 2.13. The molecule has 0 spiro atoms. The van der Waals surface area contributed by atoms with Crippen LogP contribution in [-0.4, -0.2) is 32.6 Å². The number of furan rings is 1. The van der Waals surface area contributed by atoms with Crippen LogP contribution in [0.1, 0.15) is 11.6 Å². The second-order valence-electron chi connectivity index (χ2n) is 4.31. The van der Waals surface area contributed by atoms with Crippen molar-refractivity contribution in [3.05, 3.63) is 48.5 Å². The molecule has 3 rings (SSSR count). The largest absolute Gasteiger partial charge is 0.478 e. The van der Waals surface area contributed by atoms with Crippen molar-refractivity contribution in [2.75, 3.05) is 7.11 Å². The summed E-state index contributed by atoms with van der Waals surface area (Å²) >= 11 is 0. The van der Waals surface area contributed by atoms with Crippen molar-refractivity contribution in [2.24, 2.45) is 0 Å². The molecule has 3 aromatic heterocycles. The second kappa shape index (κ2) is 6.08. The molecule has 0 atom stereocenters. The Kier molecular flexibility index (Phi) is 3.82. The quantitative estimate of drug-likeness (QED) is 0.708. The Balaban J connectivity index is 1.68. The molecule has 0 fully saturated rings. The molecule has 0 aliphatic carbocycles. The summed E-state index contributed by atoms with van der Waals surface area (Å²) < 4.78 is 11.9. The Morgan fingerprint density at radius 3 is 3.18 bits per heavy atom. The monoisotopic (exact) mass is 299 g/mol. The molecule has 0 bridgehead atoms. The summed E-state index contributed by atoms with van der Waals surface area (Å²) in [4.78, 5) is 15.8. The Bertz CT molecular complexity index is 807. The minimum absolute atomic E-state index is 0.232. The lowest BCUT2D eigenvalue weighted by atomic mass is 10.4. The van der Waals surface area contributed by atoms with E-state index in [0.717, 1.165) is 0 Å². The fourth-order valence-corrected chi connectivity index (χ4v) is 1.89. The lowest BCUT2D eigenvalue weighted by Crippen LogP contribution is -2.21. The van der Waals surface area contributed by atoms with E-state index in [2.05, 4.69) is 20.5 Å². The first-order chi connectivity index (χ1) is 10.8. The molecule has 1 N–H and O–H groups in total. The zero-order valence-electron chi connectivity index (χ0n) is 11.8. The number of carbonyl (C=O) groups is 1. The van der Waals surface area contributed by atoms with Crippen molar-refractivity contribution in [2.45, 2.75) is 6.54 Å². The summed E-state index contributed by atoms with van der Waals surface area (Å²) in [6.07, 6.45) is 7.81. The summed E-state index contributed by atoms with van der Waals surface area (Å²) in [6.45, 7) is 0.232. The zero-order chi connectivity index (χ0) is 15.4. The van der Waals surface area contributed by atoms with E-state index in [4.69, 9.17) is 9.15 Å². The van der Waals surface area contributed by atoms with E-state index in [1.54, 1.807) is 41.3 Å². The maximum atomic E-state index is 11.8. The topological polar surface area (TPSA) is 94.6 Å². The number of aromatic nitrogens is 4. The van der Waals surface area contributed by atoms with Gasteiger partial charge in [-0.25, -0.2) is 4.98 Å². The van der Waals surface area contributed by atoms with Crippen molar-refractivity contribution >= 4 is 17.6 Å². The maximum absolute atomic E-state index is 11.8. The van der Waals surface area contributed by atoms with Gasteiger partial charge >= 0.3 is 0 Å². The highest BCUT2D eigenvalue weighted by molar-refractivity contribution is 5.91. The third kappa shape index (κ3) is 2.80. The number of nitrogens with zero attached hydrogens (tertiary/aromatic N) is 4. The fourth-order valence-electron chi connectivity index (χ4n) is 1.89. The van der Waals surface area contributed by atoms with Crippen LogP contribution in [0, 0.1) is 0 Å². The Morgan fingerprint density at radius 1 is 1.50 bits per heavy atom. The van der Waals surface area contributed by atoms with Crippen LogP contribution in [0.2, 0.25) is 0 Å². The number of hydrogen-bond acceptors (Lipinski definition) is 6. The average molecular weight is 299 g/mol. The smallest absolute Gasteiger partial charge is 0.260 e. The first kappa shape index (κ1) is 13.8. The standard InChI is InChI=1S/C14H13N5O3/c1-21-14-13-18-17-11(19(13)7-6-15-14)9-16-12(20)5-4-10-3-2-8-22-10/h2-8H,9H2,1H3,(H,16,20)/b5-4+. The molecule has 3 aromatic rings. The molecule has 0 radical (unpaired) electrons. The minimum Gasteiger partial charge on any atom is -0.478 e.